The number of rotatable bonds is 4. The Balaban J connectivity index is 1.45. The van der Waals surface area contributed by atoms with E-state index < -0.39 is 4.92 Å². The third kappa shape index (κ3) is 4.17. The van der Waals surface area contributed by atoms with Crippen LogP contribution in [0, 0.1) is 10.1 Å². The molecule has 154 valence electrons. The van der Waals surface area contributed by atoms with Crippen LogP contribution in [-0.4, -0.2) is 51.9 Å². The number of hydrogen-bond donors (Lipinski definition) is 1. The van der Waals surface area contributed by atoms with Crippen LogP contribution in [-0.2, 0) is 4.79 Å². The molecule has 1 saturated heterocycles. The first kappa shape index (κ1) is 19.6. The van der Waals surface area contributed by atoms with Crippen molar-refractivity contribution in [1.82, 2.24) is 14.9 Å². The van der Waals surface area contributed by atoms with Gasteiger partial charge in [-0.3, -0.25) is 14.9 Å². The number of H-pyrrole nitrogens is 1. The van der Waals surface area contributed by atoms with Gasteiger partial charge in [0.1, 0.15) is 0 Å². The van der Waals surface area contributed by atoms with Gasteiger partial charge in [-0.15, -0.1) is 0 Å². The maximum atomic E-state index is 12.8. The number of carbonyl (C=O) groups excluding carboxylic acids is 1. The molecule has 1 N–H and O–H groups in total. The number of aromatic amines is 1. The van der Waals surface area contributed by atoms with Crippen LogP contribution >= 0.6 is 0 Å². The van der Waals surface area contributed by atoms with Gasteiger partial charge in [0.15, 0.2) is 0 Å². The van der Waals surface area contributed by atoms with Crippen molar-refractivity contribution in [3.63, 3.8) is 0 Å². The summed E-state index contributed by atoms with van der Waals surface area (Å²) in [6, 6.07) is 14.5. The van der Waals surface area contributed by atoms with Gasteiger partial charge in [0.05, 0.1) is 16.0 Å². The first-order valence-electron chi connectivity index (χ1n) is 9.93. The summed E-state index contributed by atoms with van der Waals surface area (Å²) >= 11 is 0. The quantitative estimate of drug-likeness (QED) is 0.406. The number of benzene rings is 2. The first-order valence-corrected chi connectivity index (χ1v) is 9.93. The van der Waals surface area contributed by atoms with Crippen molar-refractivity contribution >= 4 is 34.1 Å². The number of nitrogens with one attached hydrogen (secondary N) is 1. The third-order valence-corrected chi connectivity index (χ3v) is 5.34. The Morgan fingerprint density at radius 3 is 2.70 bits per heavy atom. The fraction of sp³-hybridized carbons (Fsp3) is 0.273. The molecule has 0 unspecified atom stereocenters. The number of aromatic nitrogens is 2. The molecule has 1 aromatic heterocycles. The standard InChI is InChI=1S/C22H23N5O3/c1-16(17-6-3-2-4-7-17)14-21(28)25-10-5-11-26(13-12-25)22-23-19-9-8-18(27(29)30)15-20(19)24-22/h2-4,6-9,14-15H,5,10-13H2,1H3,(H,23,24)/b16-14+. The highest BCUT2D eigenvalue weighted by molar-refractivity contribution is 5.95. The molecule has 1 aliphatic rings. The van der Waals surface area contributed by atoms with E-state index in [1.54, 1.807) is 12.1 Å². The van der Waals surface area contributed by atoms with Gasteiger partial charge < -0.3 is 14.8 Å². The maximum absolute atomic E-state index is 12.8. The number of nitrogens with zero attached hydrogens (tertiary/aromatic N) is 4. The molecule has 2 aromatic carbocycles. The lowest BCUT2D eigenvalue weighted by Crippen LogP contribution is -2.34. The van der Waals surface area contributed by atoms with Gasteiger partial charge in [0, 0.05) is 44.4 Å². The number of non-ortho nitro benzene ring substituents is 1. The van der Waals surface area contributed by atoms with Crippen LogP contribution < -0.4 is 4.90 Å². The number of carbonyl (C=O) groups is 1. The number of nitro groups is 1. The Bertz CT molecular complexity index is 1110. The monoisotopic (exact) mass is 405 g/mol. The van der Waals surface area contributed by atoms with E-state index in [-0.39, 0.29) is 11.6 Å². The number of fused-ring (bicyclic) bond motifs is 1. The van der Waals surface area contributed by atoms with Gasteiger partial charge in [-0.1, -0.05) is 30.3 Å². The summed E-state index contributed by atoms with van der Waals surface area (Å²) in [5.41, 5.74) is 3.34. The second kappa shape index (κ2) is 8.36. The predicted octanol–water partition coefficient (Wildman–Crippen LogP) is 3.61. The molecule has 2 heterocycles. The number of imidazole rings is 1. The fourth-order valence-electron chi connectivity index (χ4n) is 3.66. The van der Waals surface area contributed by atoms with Crippen LogP contribution in [0.4, 0.5) is 11.6 Å². The summed E-state index contributed by atoms with van der Waals surface area (Å²) < 4.78 is 0. The van der Waals surface area contributed by atoms with E-state index in [4.69, 9.17) is 0 Å². The smallest absolute Gasteiger partial charge is 0.271 e. The van der Waals surface area contributed by atoms with E-state index in [1.807, 2.05) is 42.2 Å². The molecule has 0 bridgehead atoms. The summed E-state index contributed by atoms with van der Waals surface area (Å²) in [4.78, 5) is 35.0. The largest absolute Gasteiger partial charge is 0.341 e. The Hall–Kier alpha value is -3.68. The van der Waals surface area contributed by atoms with Crippen LogP contribution in [0.2, 0.25) is 0 Å². The van der Waals surface area contributed by atoms with Gasteiger partial charge in [0.25, 0.3) is 5.69 Å². The van der Waals surface area contributed by atoms with Crippen molar-refractivity contribution in [2.45, 2.75) is 13.3 Å². The first-order chi connectivity index (χ1) is 14.5. The van der Waals surface area contributed by atoms with E-state index in [2.05, 4.69) is 14.9 Å². The predicted molar refractivity (Wildman–Crippen MR) is 116 cm³/mol. The molecular weight excluding hydrogens is 382 g/mol. The van der Waals surface area contributed by atoms with Crippen molar-refractivity contribution < 1.29 is 9.72 Å². The van der Waals surface area contributed by atoms with Gasteiger partial charge in [-0.2, -0.15) is 0 Å². The molecule has 1 fully saturated rings. The molecule has 8 nitrogen and oxygen atoms in total. The Morgan fingerprint density at radius 1 is 1.13 bits per heavy atom. The van der Waals surface area contributed by atoms with Crippen molar-refractivity contribution in [1.29, 1.82) is 0 Å². The Morgan fingerprint density at radius 2 is 1.93 bits per heavy atom. The zero-order valence-electron chi connectivity index (χ0n) is 16.7. The Kier molecular flexibility index (Phi) is 5.47. The fourth-order valence-corrected chi connectivity index (χ4v) is 3.66. The second-order valence-electron chi connectivity index (χ2n) is 7.38. The molecule has 8 heteroatoms. The molecule has 0 aliphatic carbocycles. The van der Waals surface area contributed by atoms with Crippen molar-refractivity contribution in [3.05, 3.63) is 70.3 Å². The maximum Gasteiger partial charge on any atom is 0.271 e. The number of hydrogen-bond acceptors (Lipinski definition) is 5. The highest BCUT2D eigenvalue weighted by Crippen LogP contribution is 2.23. The van der Waals surface area contributed by atoms with Crippen LogP contribution in [0.3, 0.4) is 0 Å². The molecule has 3 aromatic rings. The van der Waals surface area contributed by atoms with E-state index in [0.29, 0.717) is 36.6 Å². The number of amides is 1. The molecule has 0 atom stereocenters. The van der Waals surface area contributed by atoms with E-state index in [1.165, 1.54) is 12.1 Å². The van der Waals surface area contributed by atoms with Crippen LogP contribution in [0.15, 0.2) is 54.6 Å². The average molecular weight is 405 g/mol. The van der Waals surface area contributed by atoms with E-state index in [0.717, 1.165) is 24.1 Å². The van der Waals surface area contributed by atoms with Crippen molar-refractivity contribution in [3.8, 4) is 0 Å². The van der Waals surface area contributed by atoms with E-state index >= 15 is 0 Å². The summed E-state index contributed by atoms with van der Waals surface area (Å²) in [5, 5.41) is 11.0. The van der Waals surface area contributed by atoms with Gasteiger partial charge in [-0.25, -0.2) is 4.98 Å². The van der Waals surface area contributed by atoms with Crippen LogP contribution in [0.5, 0.6) is 0 Å². The lowest BCUT2D eigenvalue weighted by Gasteiger charge is -2.21. The normalized spacial score (nSPS) is 15.3. The minimum Gasteiger partial charge on any atom is -0.341 e. The van der Waals surface area contributed by atoms with Gasteiger partial charge in [-0.05, 0) is 30.5 Å². The zero-order valence-corrected chi connectivity index (χ0v) is 16.7. The Labute approximate surface area is 174 Å². The zero-order chi connectivity index (χ0) is 21.1. The molecular formula is C22H23N5O3. The molecule has 1 amide bonds. The lowest BCUT2D eigenvalue weighted by atomic mass is 10.1. The topological polar surface area (TPSA) is 95.4 Å². The molecule has 0 radical (unpaired) electrons. The van der Waals surface area contributed by atoms with Crippen LogP contribution in [0.25, 0.3) is 16.6 Å². The average Bonchev–Trinajstić information content (AvgIpc) is 3.02. The van der Waals surface area contributed by atoms with Gasteiger partial charge >= 0.3 is 0 Å². The minimum absolute atomic E-state index is 0.0124. The third-order valence-electron chi connectivity index (χ3n) is 5.34. The molecule has 0 saturated carbocycles. The van der Waals surface area contributed by atoms with Crippen molar-refractivity contribution in [2.75, 3.05) is 31.1 Å². The minimum atomic E-state index is -0.416. The summed E-state index contributed by atoms with van der Waals surface area (Å²) in [6.45, 7) is 4.62. The van der Waals surface area contributed by atoms with Gasteiger partial charge in [0.2, 0.25) is 11.9 Å². The molecule has 0 spiro atoms. The highest BCUT2D eigenvalue weighted by atomic mass is 16.6. The summed E-state index contributed by atoms with van der Waals surface area (Å²) in [6.07, 6.45) is 2.52. The lowest BCUT2D eigenvalue weighted by molar-refractivity contribution is -0.384. The summed E-state index contributed by atoms with van der Waals surface area (Å²) in [5.74, 6) is 0.689. The highest BCUT2D eigenvalue weighted by Gasteiger charge is 2.20. The SMILES string of the molecule is C/C(=C\C(=O)N1CCCN(c2nc3ccc([N+](=O)[O-])cc3[nH]2)CC1)c1ccccc1. The molecule has 30 heavy (non-hydrogen) atoms. The molecule has 4 rings (SSSR count). The second-order valence-corrected chi connectivity index (χ2v) is 7.38. The number of allylic oxidation sites excluding steroid dienone is 1. The number of anilines is 1. The molecule has 1 aliphatic heterocycles. The van der Waals surface area contributed by atoms with E-state index in [9.17, 15) is 14.9 Å². The van der Waals surface area contributed by atoms with Crippen LogP contribution in [0.1, 0.15) is 18.9 Å². The number of nitro benzene ring substituents is 1. The van der Waals surface area contributed by atoms with Crippen molar-refractivity contribution in [2.24, 2.45) is 0 Å². The summed E-state index contributed by atoms with van der Waals surface area (Å²) in [7, 11) is 0.